The Morgan fingerprint density at radius 1 is 1.19 bits per heavy atom. The number of nitrogen functional groups attached to an aromatic ring is 1. The summed E-state index contributed by atoms with van der Waals surface area (Å²) in [5, 5.41) is 7.31. The summed E-state index contributed by atoms with van der Waals surface area (Å²) in [7, 11) is 0. The molecule has 1 atom stereocenters. The molecule has 0 spiro atoms. The monoisotopic (exact) mass is 423 g/mol. The highest BCUT2D eigenvalue weighted by atomic mass is 19.1. The van der Waals surface area contributed by atoms with Crippen molar-refractivity contribution in [3.05, 3.63) is 70.5 Å². The summed E-state index contributed by atoms with van der Waals surface area (Å²) in [5.74, 6) is -1.19. The first kappa shape index (κ1) is 22.0. The number of benzene rings is 2. The van der Waals surface area contributed by atoms with Gasteiger partial charge in [0.05, 0.1) is 6.04 Å². The number of aromatic nitrogens is 2. The molecule has 1 aromatic heterocycles. The van der Waals surface area contributed by atoms with Crippen molar-refractivity contribution in [2.75, 3.05) is 5.73 Å². The molecule has 7 nitrogen and oxygen atoms in total. The summed E-state index contributed by atoms with van der Waals surface area (Å²) in [6, 6.07) is 11.4. The molecule has 3 aromatic rings. The van der Waals surface area contributed by atoms with Crippen LogP contribution in [-0.2, 0) is 6.54 Å². The van der Waals surface area contributed by atoms with Gasteiger partial charge in [0.2, 0.25) is 0 Å². The van der Waals surface area contributed by atoms with Gasteiger partial charge in [0, 0.05) is 17.7 Å². The van der Waals surface area contributed by atoms with Crippen molar-refractivity contribution < 1.29 is 14.0 Å². The minimum absolute atomic E-state index is 0.0209. The van der Waals surface area contributed by atoms with Gasteiger partial charge in [-0.05, 0) is 43.5 Å². The van der Waals surface area contributed by atoms with E-state index in [1.807, 2.05) is 26.0 Å². The summed E-state index contributed by atoms with van der Waals surface area (Å²) in [6.45, 7) is 5.98. The van der Waals surface area contributed by atoms with E-state index in [1.165, 1.54) is 12.1 Å². The summed E-state index contributed by atoms with van der Waals surface area (Å²) in [5.41, 5.74) is 14.8. The maximum atomic E-state index is 13.4. The predicted molar refractivity (Wildman–Crippen MR) is 118 cm³/mol. The largest absolute Gasteiger partial charge is 0.383 e. The Morgan fingerprint density at radius 2 is 1.87 bits per heavy atom. The lowest BCUT2D eigenvalue weighted by Gasteiger charge is -2.10. The van der Waals surface area contributed by atoms with Crippen LogP contribution in [0.4, 0.5) is 10.2 Å². The van der Waals surface area contributed by atoms with Crippen LogP contribution in [0.25, 0.3) is 11.3 Å². The van der Waals surface area contributed by atoms with Crippen LogP contribution in [0.15, 0.2) is 42.5 Å². The third-order valence-corrected chi connectivity index (χ3v) is 5.33. The van der Waals surface area contributed by atoms with Crippen LogP contribution in [0.3, 0.4) is 0 Å². The van der Waals surface area contributed by atoms with E-state index in [2.05, 4.69) is 10.4 Å². The minimum Gasteiger partial charge on any atom is -0.383 e. The van der Waals surface area contributed by atoms with Gasteiger partial charge in [-0.3, -0.25) is 9.59 Å². The molecule has 0 fully saturated rings. The highest BCUT2D eigenvalue weighted by Gasteiger charge is 2.23. The van der Waals surface area contributed by atoms with Gasteiger partial charge in [0.1, 0.15) is 22.9 Å². The number of rotatable bonds is 7. The molecular formula is C23H26FN5O2. The molecular weight excluding hydrogens is 397 g/mol. The van der Waals surface area contributed by atoms with Crippen LogP contribution < -0.4 is 16.8 Å². The first-order valence-corrected chi connectivity index (χ1v) is 10.0. The fraction of sp³-hybridized carbons (Fsp3) is 0.261. The number of halogens is 1. The number of carbonyl (C=O) groups is 2. The molecule has 1 heterocycles. The van der Waals surface area contributed by atoms with E-state index in [1.54, 1.807) is 29.8 Å². The highest BCUT2D eigenvalue weighted by molar-refractivity contribution is 6.03. The third-order valence-electron chi connectivity index (χ3n) is 5.33. The molecule has 1 unspecified atom stereocenters. The zero-order valence-corrected chi connectivity index (χ0v) is 17.8. The molecule has 0 aliphatic rings. The number of nitrogens with zero attached hydrogens (tertiary/aromatic N) is 2. The Labute approximate surface area is 180 Å². The highest BCUT2D eigenvalue weighted by Crippen LogP contribution is 2.30. The van der Waals surface area contributed by atoms with E-state index < -0.39 is 11.7 Å². The number of amides is 2. The van der Waals surface area contributed by atoms with Crippen molar-refractivity contribution in [3.63, 3.8) is 0 Å². The normalized spacial score (nSPS) is 11.9. The van der Waals surface area contributed by atoms with E-state index in [0.717, 1.165) is 12.0 Å². The van der Waals surface area contributed by atoms with Gasteiger partial charge in [0.25, 0.3) is 11.8 Å². The second-order valence-electron chi connectivity index (χ2n) is 7.51. The molecule has 5 N–H and O–H groups in total. The Bertz CT molecular complexity index is 1120. The Morgan fingerprint density at radius 3 is 2.48 bits per heavy atom. The third kappa shape index (κ3) is 4.58. The van der Waals surface area contributed by atoms with Crippen LogP contribution in [0, 0.1) is 12.7 Å². The average molecular weight is 423 g/mol. The Kier molecular flexibility index (Phi) is 6.39. The van der Waals surface area contributed by atoms with Crippen molar-refractivity contribution in [2.24, 2.45) is 5.73 Å². The zero-order valence-electron chi connectivity index (χ0n) is 17.8. The second kappa shape index (κ2) is 8.99. The van der Waals surface area contributed by atoms with Gasteiger partial charge in [-0.2, -0.15) is 5.10 Å². The molecule has 3 rings (SSSR count). The molecule has 8 heteroatoms. The van der Waals surface area contributed by atoms with E-state index >= 15 is 0 Å². The Hall–Kier alpha value is -3.68. The molecule has 0 radical (unpaired) electrons. The summed E-state index contributed by atoms with van der Waals surface area (Å²) >= 11 is 0. The molecule has 0 saturated heterocycles. The quantitative estimate of drug-likeness (QED) is 0.538. The van der Waals surface area contributed by atoms with Gasteiger partial charge in [0.15, 0.2) is 0 Å². The van der Waals surface area contributed by atoms with E-state index in [0.29, 0.717) is 22.4 Å². The van der Waals surface area contributed by atoms with Crippen molar-refractivity contribution in [1.82, 2.24) is 15.1 Å². The standard InChI is InChI=1S/C23H26FN5O2/c1-4-14(3)29-21(25)19(22(26)30)20(28-29)16-8-6-15(7-9-16)12-27-23(31)18-11-17(24)10-5-13(18)2/h5-11,14H,4,12,25H2,1-3H3,(H2,26,30)(H,27,31). The molecule has 0 bridgehead atoms. The number of anilines is 1. The molecule has 0 aliphatic heterocycles. The van der Waals surface area contributed by atoms with Crippen molar-refractivity contribution in [2.45, 2.75) is 39.8 Å². The number of carbonyl (C=O) groups excluding carboxylic acids is 2. The van der Waals surface area contributed by atoms with Gasteiger partial charge >= 0.3 is 0 Å². The summed E-state index contributed by atoms with van der Waals surface area (Å²) < 4.78 is 15.1. The lowest BCUT2D eigenvalue weighted by atomic mass is 10.0. The van der Waals surface area contributed by atoms with E-state index in [-0.39, 0.29) is 29.9 Å². The second-order valence-corrected chi connectivity index (χ2v) is 7.51. The van der Waals surface area contributed by atoms with Crippen LogP contribution in [0.2, 0.25) is 0 Å². The molecule has 2 aromatic carbocycles. The fourth-order valence-corrected chi connectivity index (χ4v) is 3.30. The number of aryl methyl sites for hydroxylation is 1. The smallest absolute Gasteiger partial charge is 0.254 e. The summed E-state index contributed by atoms with van der Waals surface area (Å²) in [6.07, 6.45) is 0.799. The van der Waals surface area contributed by atoms with Crippen LogP contribution in [-0.4, -0.2) is 21.6 Å². The van der Waals surface area contributed by atoms with Crippen LogP contribution >= 0.6 is 0 Å². The predicted octanol–water partition coefficient (Wildman–Crippen LogP) is 3.58. The van der Waals surface area contributed by atoms with Gasteiger partial charge in [-0.15, -0.1) is 0 Å². The van der Waals surface area contributed by atoms with Gasteiger partial charge in [-0.25, -0.2) is 9.07 Å². The molecule has 162 valence electrons. The van der Waals surface area contributed by atoms with Crippen LogP contribution in [0.1, 0.15) is 58.2 Å². The van der Waals surface area contributed by atoms with Crippen LogP contribution in [0.5, 0.6) is 0 Å². The molecule has 0 aliphatic carbocycles. The average Bonchev–Trinajstić information content (AvgIpc) is 3.10. The lowest BCUT2D eigenvalue weighted by Crippen LogP contribution is -2.23. The van der Waals surface area contributed by atoms with Gasteiger partial charge < -0.3 is 16.8 Å². The molecule has 0 saturated carbocycles. The van der Waals surface area contributed by atoms with Gasteiger partial charge in [-0.1, -0.05) is 37.3 Å². The number of nitrogens with one attached hydrogen (secondary N) is 1. The minimum atomic E-state index is -0.635. The lowest BCUT2D eigenvalue weighted by molar-refractivity contribution is 0.0948. The number of hydrogen-bond acceptors (Lipinski definition) is 4. The fourth-order valence-electron chi connectivity index (χ4n) is 3.30. The SMILES string of the molecule is CCC(C)n1nc(-c2ccc(CNC(=O)c3cc(F)ccc3C)cc2)c(C(N)=O)c1N. The van der Waals surface area contributed by atoms with E-state index in [4.69, 9.17) is 11.5 Å². The van der Waals surface area contributed by atoms with Crippen molar-refractivity contribution in [1.29, 1.82) is 0 Å². The first-order chi connectivity index (χ1) is 14.7. The number of hydrogen-bond donors (Lipinski definition) is 3. The topological polar surface area (TPSA) is 116 Å². The Balaban J connectivity index is 1.80. The van der Waals surface area contributed by atoms with Crippen molar-refractivity contribution in [3.8, 4) is 11.3 Å². The first-order valence-electron chi connectivity index (χ1n) is 10.0. The number of primary amides is 1. The van der Waals surface area contributed by atoms with Crippen molar-refractivity contribution >= 4 is 17.6 Å². The molecule has 2 amide bonds. The van der Waals surface area contributed by atoms with E-state index in [9.17, 15) is 14.0 Å². The summed E-state index contributed by atoms with van der Waals surface area (Å²) in [4.78, 5) is 24.4. The number of nitrogens with two attached hydrogens (primary N) is 2. The molecule has 31 heavy (non-hydrogen) atoms. The maximum Gasteiger partial charge on any atom is 0.254 e. The maximum absolute atomic E-state index is 13.4. The zero-order chi connectivity index (χ0) is 22.7.